The van der Waals surface area contributed by atoms with Crippen molar-refractivity contribution in [1.82, 2.24) is 10.2 Å². The highest BCUT2D eigenvalue weighted by molar-refractivity contribution is 8.08. The summed E-state index contributed by atoms with van der Waals surface area (Å²) >= 11 is 0. The van der Waals surface area contributed by atoms with Crippen LogP contribution in [-0.2, 0) is 9.84 Å². The van der Waals surface area contributed by atoms with Crippen molar-refractivity contribution >= 4 is 15.4 Å². The number of hydrogen-bond acceptors (Lipinski definition) is 5. The van der Waals surface area contributed by atoms with Gasteiger partial charge in [-0.3, -0.25) is 9.89 Å². The van der Waals surface area contributed by atoms with Gasteiger partial charge in [-0.1, -0.05) is 0 Å². The minimum Gasteiger partial charge on any atom is -0.314 e. The molecule has 0 atom stereocenters. The van der Waals surface area contributed by atoms with Crippen LogP contribution >= 0.6 is 0 Å². The topological polar surface area (TPSA) is 61.8 Å². The van der Waals surface area contributed by atoms with Crippen molar-refractivity contribution in [1.29, 1.82) is 0 Å². The number of nitrogens with zero attached hydrogens (tertiary/aromatic N) is 2. The van der Waals surface area contributed by atoms with E-state index in [1.54, 1.807) is 0 Å². The first-order chi connectivity index (χ1) is 6.68. The van der Waals surface area contributed by atoms with Gasteiger partial charge in [-0.2, -0.15) is 0 Å². The molecule has 0 radical (unpaired) electrons. The average Bonchev–Trinajstić information content (AvgIpc) is 2.48. The average molecular weight is 215 g/mol. The van der Waals surface area contributed by atoms with Crippen molar-refractivity contribution in [2.45, 2.75) is 0 Å². The number of aliphatic imine (C=N–C) groups is 1. The molecule has 2 rings (SSSR count). The summed E-state index contributed by atoms with van der Waals surface area (Å²) in [5.74, 6) is 0. The standard InChI is InChI=1S/C8H13N3O2S/c12-14(13)7-10-5-8(14)6-11-3-1-9-2-4-11/h5,7,9H,1-4,6H2. The maximum atomic E-state index is 11.4. The highest BCUT2D eigenvalue weighted by atomic mass is 32.2. The summed E-state index contributed by atoms with van der Waals surface area (Å²) in [6.45, 7) is 4.13. The second kappa shape index (κ2) is 3.80. The van der Waals surface area contributed by atoms with Gasteiger partial charge in [0.15, 0.2) is 0 Å². The van der Waals surface area contributed by atoms with Crippen molar-refractivity contribution < 1.29 is 8.42 Å². The van der Waals surface area contributed by atoms with Gasteiger partial charge in [-0.05, 0) is 0 Å². The summed E-state index contributed by atoms with van der Waals surface area (Å²) in [5.41, 5.74) is 1.02. The molecule has 2 heterocycles. The van der Waals surface area contributed by atoms with E-state index in [1.165, 1.54) is 6.20 Å². The molecule has 0 saturated carbocycles. The molecule has 0 aromatic heterocycles. The molecule has 0 unspecified atom stereocenters. The number of nitrogens with one attached hydrogen (secondary N) is 1. The maximum Gasteiger partial charge on any atom is 0.215 e. The van der Waals surface area contributed by atoms with E-state index in [0.29, 0.717) is 11.4 Å². The molecule has 5 nitrogen and oxygen atoms in total. The quantitative estimate of drug-likeness (QED) is 0.654. The lowest BCUT2D eigenvalue weighted by molar-refractivity contribution is 0.262. The zero-order valence-electron chi connectivity index (χ0n) is 7.81. The third-order valence-electron chi connectivity index (χ3n) is 2.37. The lowest BCUT2D eigenvalue weighted by Gasteiger charge is -2.26. The van der Waals surface area contributed by atoms with Gasteiger partial charge in [0.1, 0.15) is 5.55 Å². The van der Waals surface area contributed by atoms with Crippen molar-refractivity contribution in [2.75, 3.05) is 32.7 Å². The Hall–Kier alpha value is -0.720. The Bertz CT molecular complexity index is 366. The van der Waals surface area contributed by atoms with Crippen LogP contribution in [0.5, 0.6) is 0 Å². The predicted molar refractivity (Wildman–Crippen MR) is 54.8 cm³/mol. The third kappa shape index (κ3) is 2.02. The molecule has 78 valence electrons. The van der Waals surface area contributed by atoms with Gasteiger partial charge in [-0.15, -0.1) is 0 Å². The van der Waals surface area contributed by atoms with Gasteiger partial charge in [0, 0.05) is 38.9 Å². The smallest absolute Gasteiger partial charge is 0.215 e. The summed E-state index contributed by atoms with van der Waals surface area (Å²) in [4.78, 5) is 6.20. The van der Waals surface area contributed by atoms with E-state index in [9.17, 15) is 8.42 Å². The first-order valence-electron chi connectivity index (χ1n) is 4.59. The molecule has 1 N–H and O–H groups in total. The van der Waals surface area contributed by atoms with E-state index in [1.807, 2.05) is 0 Å². The summed E-state index contributed by atoms with van der Waals surface area (Å²) in [7, 11) is -3.18. The van der Waals surface area contributed by atoms with Crippen LogP contribution in [0.4, 0.5) is 0 Å². The summed E-state index contributed by atoms with van der Waals surface area (Å²) in [6.07, 6.45) is 1.44. The number of sulfone groups is 1. The Kier molecular flexibility index (Phi) is 2.66. The van der Waals surface area contributed by atoms with Crippen LogP contribution in [0.3, 0.4) is 0 Å². The van der Waals surface area contributed by atoms with Gasteiger partial charge in [0.2, 0.25) is 9.84 Å². The first kappa shape index (κ1) is 9.82. The van der Waals surface area contributed by atoms with Crippen molar-refractivity contribution in [3.8, 4) is 0 Å². The van der Waals surface area contributed by atoms with E-state index in [2.05, 4.69) is 15.2 Å². The monoisotopic (exact) mass is 215 g/mol. The molecule has 0 aromatic rings. The van der Waals surface area contributed by atoms with Crippen molar-refractivity contribution in [3.63, 3.8) is 0 Å². The van der Waals surface area contributed by atoms with Gasteiger partial charge >= 0.3 is 0 Å². The lowest BCUT2D eigenvalue weighted by Crippen LogP contribution is -2.44. The highest BCUT2D eigenvalue weighted by Gasteiger charge is 2.22. The lowest BCUT2D eigenvalue weighted by atomic mass is 10.3. The van der Waals surface area contributed by atoms with E-state index in [4.69, 9.17) is 0 Å². The summed E-state index contributed by atoms with van der Waals surface area (Å²) in [5, 5.41) is 3.22. The fourth-order valence-electron chi connectivity index (χ4n) is 1.56. The molecule has 0 spiro atoms. The Labute approximate surface area is 83.4 Å². The van der Waals surface area contributed by atoms with Gasteiger partial charge in [0.05, 0.1) is 4.91 Å². The van der Waals surface area contributed by atoms with Crippen LogP contribution in [0.1, 0.15) is 0 Å². The molecule has 2 aliphatic rings. The van der Waals surface area contributed by atoms with Crippen LogP contribution in [0, 0.1) is 0 Å². The Morgan fingerprint density at radius 3 is 2.71 bits per heavy atom. The third-order valence-corrected chi connectivity index (χ3v) is 3.74. The number of rotatable bonds is 2. The van der Waals surface area contributed by atoms with E-state index < -0.39 is 9.84 Å². The maximum absolute atomic E-state index is 11.4. The molecule has 0 bridgehead atoms. The van der Waals surface area contributed by atoms with Crippen molar-refractivity contribution in [3.05, 3.63) is 11.1 Å². The molecule has 0 aromatic carbocycles. The molecule has 1 fully saturated rings. The second-order valence-electron chi connectivity index (χ2n) is 3.42. The minimum absolute atomic E-state index is 0.416. The van der Waals surface area contributed by atoms with E-state index in [0.717, 1.165) is 31.7 Å². The largest absolute Gasteiger partial charge is 0.314 e. The summed E-state index contributed by atoms with van der Waals surface area (Å²) < 4.78 is 22.8. The fourth-order valence-corrected chi connectivity index (χ4v) is 2.48. The van der Waals surface area contributed by atoms with E-state index >= 15 is 0 Å². The van der Waals surface area contributed by atoms with Crippen molar-refractivity contribution in [2.24, 2.45) is 4.99 Å². The molecule has 6 heteroatoms. The molecule has 0 amide bonds. The SMILES string of the molecule is O=S1(=O)C=NC=C1CN1CCNCC1. The normalized spacial score (nSPS) is 26.4. The van der Waals surface area contributed by atoms with Crippen LogP contribution in [0.15, 0.2) is 16.1 Å². The molecule has 0 aliphatic carbocycles. The Morgan fingerprint density at radius 2 is 2.14 bits per heavy atom. The zero-order chi connectivity index (χ0) is 10.0. The summed E-state index contributed by atoms with van der Waals surface area (Å²) in [6, 6.07) is 0. The van der Waals surface area contributed by atoms with Crippen LogP contribution in [0.25, 0.3) is 0 Å². The molecule has 14 heavy (non-hydrogen) atoms. The van der Waals surface area contributed by atoms with Gasteiger partial charge in [0.25, 0.3) is 0 Å². The highest BCUT2D eigenvalue weighted by Crippen LogP contribution is 2.13. The first-order valence-corrected chi connectivity index (χ1v) is 6.13. The zero-order valence-corrected chi connectivity index (χ0v) is 8.63. The Morgan fingerprint density at radius 1 is 1.43 bits per heavy atom. The molecular weight excluding hydrogens is 202 g/mol. The molecular formula is C8H13N3O2S. The molecule has 1 saturated heterocycles. The number of hydrogen-bond donors (Lipinski definition) is 1. The fraction of sp³-hybridized carbons (Fsp3) is 0.625. The van der Waals surface area contributed by atoms with E-state index in [-0.39, 0.29) is 0 Å². The van der Waals surface area contributed by atoms with Crippen LogP contribution in [0.2, 0.25) is 0 Å². The van der Waals surface area contributed by atoms with Crippen LogP contribution < -0.4 is 5.32 Å². The molecule has 2 aliphatic heterocycles. The number of piperazine rings is 1. The minimum atomic E-state index is -3.18. The second-order valence-corrected chi connectivity index (χ2v) is 5.25. The predicted octanol–water partition coefficient (Wildman–Crippen LogP) is -0.810. The van der Waals surface area contributed by atoms with Gasteiger partial charge < -0.3 is 5.32 Å². The van der Waals surface area contributed by atoms with Crippen LogP contribution in [-0.4, -0.2) is 51.6 Å². The van der Waals surface area contributed by atoms with Gasteiger partial charge in [-0.25, -0.2) is 8.42 Å². The Balaban J connectivity index is 1.98.